The Bertz CT molecular complexity index is 507. The number of carbonyl (C=O) groups is 1. The first-order chi connectivity index (χ1) is 9.95. The lowest BCUT2D eigenvalue weighted by atomic mass is 9.84. The van der Waals surface area contributed by atoms with Gasteiger partial charge in [-0.3, -0.25) is 9.69 Å². The van der Waals surface area contributed by atoms with E-state index in [1.54, 1.807) is 0 Å². The molecule has 5 heteroatoms. The van der Waals surface area contributed by atoms with Gasteiger partial charge in [0.1, 0.15) is 0 Å². The molecule has 1 saturated heterocycles. The zero-order chi connectivity index (χ0) is 15.4. The number of rotatable bonds is 5. The predicted molar refractivity (Wildman–Crippen MR) is 85.9 cm³/mol. The van der Waals surface area contributed by atoms with E-state index in [0.717, 1.165) is 38.0 Å². The van der Waals surface area contributed by atoms with E-state index in [9.17, 15) is 4.79 Å². The third-order valence-corrected chi connectivity index (χ3v) is 4.97. The summed E-state index contributed by atoms with van der Waals surface area (Å²) < 4.78 is 0. The van der Waals surface area contributed by atoms with Gasteiger partial charge in [0, 0.05) is 19.5 Å². The van der Waals surface area contributed by atoms with Gasteiger partial charge in [-0.05, 0) is 48.9 Å². The minimum Gasteiger partial charge on any atom is -0.481 e. The first-order valence-corrected chi connectivity index (χ1v) is 8.09. The number of aliphatic carboxylic acids is 1. The number of benzene rings is 1. The van der Waals surface area contributed by atoms with Crippen LogP contribution in [0.25, 0.3) is 0 Å². The summed E-state index contributed by atoms with van der Waals surface area (Å²) in [6.45, 7) is 4.89. The molecule has 1 aromatic carbocycles. The molecule has 0 bridgehead atoms. The number of hydrogen-bond acceptors (Lipinski definition) is 2. The van der Waals surface area contributed by atoms with Gasteiger partial charge in [-0.25, -0.2) is 0 Å². The highest BCUT2D eigenvalue weighted by atomic mass is 35.5. The van der Waals surface area contributed by atoms with Crippen LogP contribution in [0.3, 0.4) is 0 Å². The molecule has 0 spiro atoms. The van der Waals surface area contributed by atoms with Crippen LogP contribution in [0.2, 0.25) is 10.0 Å². The van der Waals surface area contributed by atoms with Crippen LogP contribution in [0, 0.1) is 11.8 Å². The van der Waals surface area contributed by atoms with Crippen molar-refractivity contribution < 1.29 is 9.90 Å². The fourth-order valence-corrected chi connectivity index (χ4v) is 3.36. The predicted octanol–water partition coefficient (Wildman–Crippen LogP) is 4.32. The SMILES string of the molecule is CC(CC(=O)O)C1CCCN(Cc2ccc(Cl)c(Cl)c2)C1. The van der Waals surface area contributed by atoms with Gasteiger partial charge in [0.05, 0.1) is 10.0 Å². The summed E-state index contributed by atoms with van der Waals surface area (Å²) in [5.74, 6) is -0.0270. The summed E-state index contributed by atoms with van der Waals surface area (Å²) >= 11 is 12.0. The highest BCUT2D eigenvalue weighted by Crippen LogP contribution is 2.28. The molecule has 1 aliphatic rings. The van der Waals surface area contributed by atoms with Crippen molar-refractivity contribution in [3.63, 3.8) is 0 Å². The number of carboxylic acid groups (broad SMARTS) is 1. The zero-order valence-corrected chi connectivity index (χ0v) is 13.7. The topological polar surface area (TPSA) is 40.5 Å². The Balaban J connectivity index is 1.94. The van der Waals surface area contributed by atoms with Crippen LogP contribution in [0.1, 0.15) is 31.7 Å². The number of nitrogens with zero attached hydrogens (tertiary/aromatic N) is 1. The third kappa shape index (κ3) is 4.87. The van der Waals surface area contributed by atoms with E-state index in [1.807, 2.05) is 25.1 Å². The van der Waals surface area contributed by atoms with Crippen LogP contribution < -0.4 is 0 Å². The van der Waals surface area contributed by atoms with E-state index >= 15 is 0 Å². The van der Waals surface area contributed by atoms with E-state index in [-0.39, 0.29) is 12.3 Å². The number of piperidine rings is 1. The molecule has 1 aromatic rings. The number of likely N-dealkylation sites (tertiary alicyclic amines) is 1. The maximum Gasteiger partial charge on any atom is 0.303 e. The molecular weight excluding hydrogens is 309 g/mol. The van der Waals surface area contributed by atoms with Crippen molar-refractivity contribution in [2.45, 2.75) is 32.7 Å². The van der Waals surface area contributed by atoms with Crippen LogP contribution in [-0.2, 0) is 11.3 Å². The Labute approximate surface area is 135 Å². The summed E-state index contributed by atoms with van der Waals surface area (Å²) in [4.78, 5) is 13.2. The lowest BCUT2D eigenvalue weighted by Crippen LogP contribution is -2.37. The van der Waals surface area contributed by atoms with Crippen LogP contribution >= 0.6 is 23.2 Å². The van der Waals surface area contributed by atoms with Crippen molar-refractivity contribution in [3.8, 4) is 0 Å². The van der Waals surface area contributed by atoms with Gasteiger partial charge in [0.25, 0.3) is 0 Å². The van der Waals surface area contributed by atoms with Gasteiger partial charge in [-0.1, -0.05) is 36.2 Å². The van der Waals surface area contributed by atoms with Gasteiger partial charge >= 0.3 is 5.97 Å². The summed E-state index contributed by atoms with van der Waals surface area (Å²) in [6, 6.07) is 5.74. The Morgan fingerprint density at radius 1 is 1.43 bits per heavy atom. The van der Waals surface area contributed by atoms with Crippen LogP contribution in [0.4, 0.5) is 0 Å². The number of halogens is 2. The van der Waals surface area contributed by atoms with Crippen molar-refractivity contribution in [1.82, 2.24) is 4.90 Å². The molecule has 0 amide bonds. The minimum atomic E-state index is -0.705. The van der Waals surface area contributed by atoms with E-state index < -0.39 is 5.97 Å². The monoisotopic (exact) mass is 329 g/mol. The smallest absolute Gasteiger partial charge is 0.303 e. The van der Waals surface area contributed by atoms with Crippen LogP contribution in [0.15, 0.2) is 18.2 Å². The van der Waals surface area contributed by atoms with Gasteiger partial charge in [-0.15, -0.1) is 0 Å². The lowest BCUT2D eigenvalue weighted by Gasteiger charge is -2.35. The molecule has 1 fully saturated rings. The van der Waals surface area contributed by atoms with Gasteiger partial charge in [0.15, 0.2) is 0 Å². The lowest BCUT2D eigenvalue weighted by molar-refractivity contribution is -0.138. The second kappa shape index (κ2) is 7.48. The normalized spacial score (nSPS) is 21.2. The molecule has 0 radical (unpaired) electrons. The zero-order valence-electron chi connectivity index (χ0n) is 12.2. The fourth-order valence-electron chi connectivity index (χ4n) is 3.04. The molecule has 1 N–H and O–H groups in total. The molecule has 2 atom stereocenters. The Morgan fingerprint density at radius 2 is 2.19 bits per heavy atom. The van der Waals surface area contributed by atoms with E-state index in [0.29, 0.717) is 16.0 Å². The molecule has 116 valence electrons. The average molecular weight is 330 g/mol. The largest absolute Gasteiger partial charge is 0.481 e. The highest BCUT2D eigenvalue weighted by molar-refractivity contribution is 6.42. The summed E-state index contributed by atoms with van der Waals surface area (Å²) in [6.07, 6.45) is 2.49. The standard InChI is InChI=1S/C16H21Cl2NO2/c1-11(7-16(20)21)13-3-2-6-19(10-13)9-12-4-5-14(17)15(18)8-12/h4-5,8,11,13H,2-3,6-7,9-10H2,1H3,(H,20,21). The van der Waals surface area contributed by atoms with Crippen LogP contribution in [0.5, 0.6) is 0 Å². The summed E-state index contributed by atoms with van der Waals surface area (Å²) in [5.41, 5.74) is 1.15. The molecule has 2 unspecified atom stereocenters. The first kappa shape index (κ1) is 16.6. The maximum atomic E-state index is 10.9. The van der Waals surface area contributed by atoms with Gasteiger partial charge in [0.2, 0.25) is 0 Å². The molecule has 1 heterocycles. The fraction of sp³-hybridized carbons (Fsp3) is 0.562. The molecule has 0 aliphatic carbocycles. The Morgan fingerprint density at radius 3 is 2.86 bits per heavy atom. The van der Waals surface area contributed by atoms with Crippen molar-refractivity contribution in [3.05, 3.63) is 33.8 Å². The second-order valence-electron chi connectivity index (χ2n) is 5.96. The third-order valence-electron chi connectivity index (χ3n) is 4.23. The quantitative estimate of drug-likeness (QED) is 0.874. The minimum absolute atomic E-state index is 0.221. The summed E-state index contributed by atoms with van der Waals surface area (Å²) in [5, 5.41) is 10.1. The Hall–Kier alpha value is -0.770. The number of carboxylic acids is 1. The molecule has 21 heavy (non-hydrogen) atoms. The average Bonchev–Trinajstić information content (AvgIpc) is 2.42. The molecule has 0 aromatic heterocycles. The van der Waals surface area contributed by atoms with E-state index in [4.69, 9.17) is 28.3 Å². The second-order valence-corrected chi connectivity index (χ2v) is 6.78. The van der Waals surface area contributed by atoms with Crippen molar-refractivity contribution in [2.24, 2.45) is 11.8 Å². The molecule has 3 nitrogen and oxygen atoms in total. The molecule has 1 aliphatic heterocycles. The molecule has 0 saturated carbocycles. The van der Waals surface area contributed by atoms with E-state index in [2.05, 4.69) is 4.90 Å². The highest BCUT2D eigenvalue weighted by Gasteiger charge is 2.26. The van der Waals surface area contributed by atoms with E-state index in [1.165, 1.54) is 0 Å². The van der Waals surface area contributed by atoms with Crippen molar-refractivity contribution in [1.29, 1.82) is 0 Å². The van der Waals surface area contributed by atoms with Gasteiger partial charge < -0.3 is 5.11 Å². The molecule has 2 rings (SSSR count). The Kier molecular flexibility index (Phi) is 5.91. The van der Waals surface area contributed by atoms with Gasteiger partial charge in [-0.2, -0.15) is 0 Å². The molecular formula is C16H21Cl2NO2. The maximum absolute atomic E-state index is 10.9. The first-order valence-electron chi connectivity index (χ1n) is 7.33. The van der Waals surface area contributed by atoms with Crippen molar-refractivity contribution >= 4 is 29.2 Å². The van der Waals surface area contributed by atoms with Crippen molar-refractivity contribution in [2.75, 3.05) is 13.1 Å². The van der Waals surface area contributed by atoms with Crippen LogP contribution in [-0.4, -0.2) is 29.1 Å². The summed E-state index contributed by atoms with van der Waals surface area (Å²) in [7, 11) is 0. The number of hydrogen-bond donors (Lipinski definition) is 1.